The van der Waals surface area contributed by atoms with Gasteiger partial charge in [-0.2, -0.15) is 0 Å². The first-order chi connectivity index (χ1) is 29.3. The molecule has 2 saturated carbocycles. The fraction of sp³-hybridized carbons (Fsp3) is 0.659. The first-order valence-electron chi connectivity index (χ1n) is 21.9. The van der Waals surface area contributed by atoms with Gasteiger partial charge in [-0.1, -0.05) is 71.1 Å². The van der Waals surface area contributed by atoms with Gasteiger partial charge in [-0.25, -0.2) is 9.00 Å². The molecule has 1 aromatic carbocycles. The number of pyridine rings is 1. The van der Waals surface area contributed by atoms with E-state index >= 15 is 0 Å². The van der Waals surface area contributed by atoms with E-state index in [1.54, 1.807) is 0 Å². The third kappa shape index (κ3) is 16.4. The fourth-order valence-corrected chi connectivity index (χ4v) is 8.05. The van der Waals surface area contributed by atoms with Crippen molar-refractivity contribution in [2.75, 3.05) is 52.5 Å². The number of fused-ring (bicyclic) bond motifs is 1. The maximum absolute atomic E-state index is 12.7. The lowest BCUT2D eigenvalue weighted by Crippen LogP contribution is -2.54. The minimum absolute atomic E-state index is 0.00210. The van der Waals surface area contributed by atoms with E-state index < -0.39 is 58.1 Å². The maximum atomic E-state index is 12.7. The van der Waals surface area contributed by atoms with Gasteiger partial charge in [-0.15, -0.1) is 11.5 Å². The number of nitrogens with one attached hydrogen (secondary N) is 4. The van der Waals surface area contributed by atoms with Crippen LogP contribution in [0.15, 0.2) is 46.9 Å². The number of urea groups is 1. The first kappa shape index (κ1) is 49.2. The molecule has 3 atom stereocenters. The van der Waals surface area contributed by atoms with E-state index in [0.717, 1.165) is 92.6 Å². The van der Waals surface area contributed by atoms with E-state index in [1.165, 1.54) is 43.1 Å². The summed E-state index contributed by atoms with van der Waals surface area (Å²) in [6, 6.07) is 5.01. The Morgan fingerprint density at radius 3 is 2.43 bits per heavy atom. The minimum atomic E-state index is -1.54. The highest BCUT2D eigenvalue weighted by Gasteiger charge is 2.45. The number of nitrogens with zero attached hydrogens (tertiary/aromatic N) is 3. The molecule has 17 heteroatoms. The number of unbranched alkanes of at least 4 members (excludes halogenated alkanes) is 2. The molecule has 4 aliphatic rings. The molecule has 4 N–H and O–H groups in total. The Balaban J connectivity index is 0.000000247. The van der Waals surface area contributed by atoms with Gasteiger partial charge >= 0.3 is 6.03 Å². The quantitative estimate of drug-likeness (QED) is 0.0818. The number of para-hydroxylation sites is 1. The summed E-state index contributed by atoms with van der Waals surface area (Å²) in [6.07, 6.45) is 12.6. The van der Waals surface area contributed by atoms with Crippen molar-refractivity contribution in [3.8, 4) is 5.75 Å². The fourth-order valence-electron chi connectivity index (χ4n) is 7.00. The van der Waals surface area contributed by atoms with Crippen molar-refractivity contribution in [3.05, 3.63) is 57.7 Å². The van der Waals surface area contributed by atoms with Crippen LogP contribution in [0.1, 0.15) is 104 Å². The van der Waals surface area contributed by atoms with Crippen LogP contribution in [0.4, 0.5) is 4.79 Å². The van der Waals surface area contributed by atoms with Gasteiger partial charge in [0.15, 0.2) is 0 Å². The number of aromatic nitrogens is 1. The Morgan fingerprint density at radius 1 is 1.07 bits per heavy atom. The van der Waals surface area contributed by atoms with Crippen LogP contribution in [0.2, 0.25) is 0 Å². The van der Waals surface area contributed by atoms with Crippen molar-refractivity contribution in [2.24, 2.45) is 17.0 Å². The van der Waals surface area contributed by atoms with Crippen LogP contribution in [0.5, 0.6) is 5.75 Å². The third-order valence-corrected chi connectivity index (χ3v) is 12.6. The molecule has 16 nitrogen and oxygen atoms in total. The Kier molecular flexibility index (Phi) is 20.0. The molecule has 61 heavy (non-hydrogen) atoms. The smallest absolute Gasteiger partial charge is 0.379 e. The zero-order chi connectivity index (χ0) is 44.4. The van der Waals surface area contributed by atoms with Crippen LogP contribution in [0, 0.1) is 16.7 Å². The Bertz CT molecular complexity index is 1870. The summed E-state index contributed by atoms with van der Waals surface area (Å²) in [4.78, 5) is 77.8. The molecule has 3 heterocycles. The first-order valence-corrected chi connectivity index (χ1v) is 23.0. The monoisotopic (exact) mass is 869 g/mol. The lowest BCUT2D eigenvalue weighted by molar-refractivity contribution is -0.138. The van der Waals surface area contributed by atoms with E-state index in [0.29, 0.717) is 26.0 Å². The van der Waals surface area contributed by atoms with Crippen molar-refractivity contribution < 1.29 is 32.9 Å². The van der Waals surface area contributed by atoms with E-state index in [1.807, 2.05) is 36.5 Å². The number of likely N-dealkylation sites (tertiary alicyclic amines) is 1. The zero-order valence-corrected chi connectivity index (χ0v) is 37.3. The summed E-state index contributed by atoms with van der Waals surface area (Å²) >= 11 is 0. The highest BCUT2D eigenvalue weighted by Crippen LogP contribution is 2.40. The van der Waals surface area contributed by atoms with Crippen LogP contribution in [0.25, 0.3) is 10.9 Å². The molecular formula is C44H67N7O9S. The number of rotatable bonds is 19. The van der Waals surface area contributed by atoms with Crippen molar-refractivity contribution in [1.29, 1.82) is 0 Å². The summed E-state index contributed by atoms with van der Waals surface area (Å²) in [6.45, 7) is 16.7. The van der Waals surface area contributed by atoms with Crippen molar-refractivity contribution in [1.82, 2.24) is 30.1 Å². The number of carbonyl (C=O) groups is 4. The summed E-state index contributed by atoms with van der Waals surface area (Å²) in [5.41, 5.74) is 1.67. The summed E-state index contributed by atoms with van der Waals surface area (Å²) in [5.74, 6) is 0.969. The maximum Gasteiger partial charge on any atom is 0.379 e. The number of aromatic amines is 1. The molecule has 4 fully saturated rings. The topological polar surface area (TPSA) is 209 Å². The molecule has 2 saturated heterocycles. The second-order valence-corrected chi connectivity index (χ2v) is 18.9. The second kappa shape index (κ2) is 24.8. The zero-order valence-electron chi connectivity index (χ0n) is 36.5. The number of carbonyl (C=O) groups excluding carboxylic acids is 4. The van der Waals surface area contributed by atoms with E-state index in [2.05, 4.69) is 52.4 Å². The molecular weight excluding hydrogens is 803 g/mol. The normalized spacial score (nSPS) is 19.0. The van der Waals surface area contributed by atoms with Gasteiger partial charge in [-0.3, -0.25) is 28.8 Å². The van der Waals surface area contributed by atoms with Gasteiger partial charge in [0.25, 0.3) is 11.5 Å². The summed E-state index contributed by atoms with van der Waals surface area (Å²) in [5, 5.41) is 7.78. The number of H-pyrrole nitrogens is 1. The second-order valence-electron chi connectivity index (χ2n) is 17.2. The van der Waals surface area contributed by atoms with Gasteiger partial charge in [0.05, 0.1) is 35.6 Å². The molecule has 2 aliphatic heterocycles. The number of benzene rings is 1. The van der Waals surface area contributed by atoms with Gasteiger partial charge in [0.1, 0.15) is 35.4 Å². The predicted octanol–water partition coefficient (Wildman–Crippen LogP) is 5.26. The standard InChI is InChI=1S/C23H32N2O3.C17H25N5O6S.C4H10/c26-23-20(8-3-1-2-6-18-10-11-18)22(19-7-4-5-9-21(19)24-23)28-17-14-25-12-15-27-16-13-25;1-3-5-11(14(24)21-29(28)17(2)7-8-17)19-15(25)12-6-4-9-22(12)13(23)10-18-16(26)20-27;1-4(2)3/h4-5,7,9,18H,1-3,6,8,10-17H2,(H,24,26);3,11-12H,1,4-10H2,2H3,(H,18,26)(H,19,25)(H,21,24);4H,1-3H3. The molecule has 5 amide bonds. The van der Waals surface area contributed by atoms with Crippen LogP contribution >= 0.6 is 0 Å². The largest absolute Gasteiger partial charge is 0.491 e. The molecule has 0 radical (unpaired) electrons. The molecule has 2 aromatic rings. The Labute approximate surface area is 362 Å². The number of nitroso groups, excluding NO2 is 1. The highest BCUT2D eigenvalue weighted by molar-refractivity contribution is 7.85. The average molecular weight is 870 g/mol. The average Bonchev–Trinajstić information content (AvgIpc) is 4.17. The Morgan fingerprint density at radius 2 is 1.77 bits per heavy atom. The van der Waals surface area contributed by atoms with Gasteiger partial charge in [0.2, 0.25) is 11.8 Å². The van der Waals surface area contributed by atoms with Gasteiger partial charge in [0, 0.05) is 36.7 Å². The lowest BCUT2D eigenvalue weighted by atomic mass is 10.0. The van der Waals surface area contributed by atoms with Crippen LogP contribution < -0.4 is 25.7 Å². The molecule has 3 unspecified atom stereocenters. The summed E-state index contributed by atoms with van der Waals surface area (Å²) < 4.78 is 25.9. The van der Waals surface area contributed by atoms with Crippen LogP contribution in [-0.4, -0.2) is 112 Å². The van der Waals surface area contributed by atoms with E-state index in [-0.39, 0.29) is 12.0 Å². The molecule has 338 valence electrons. The van der Waals surface area contributed by atoms with Crippen molar-refractivity contribution in [2.45, 2.75) is 122 Å². The predicted molar refractivity (Wildman–Crippen MR) is 237 cm³/mol. The SMILES string of the molecule is C=CCC(NC(=O)C1CCCN1C(=O)CNC(=O)N=O)C(=O)NS(=O)C1(C)CC1.CC(C)C.O=c1[nH]c2ccccc2c(OCCN2CCOCC2)c1CCCCCC1CC1. The molecule has 0 spiro atoms. The lowest BCUT2D eigenvalue weighted by Gasteiger charge is -2.26. The molecule has 2 aliphatic carbocycles. The summed E-state index contributed by atoms with van der Waals surface area (Å²) in [7, 11) is -1.54. The number of morpholine rings is 1. The number of hydrogen-bond donors (Lipinski definition) is 4. The molecule has 1 aromatic heterocycles. The van der Waals surface area contributed by atoms with Gasteiger partial charge < -0.3 is 30.0 Å². The number of hydrogen-bond acceptors (Lipinski definition) is 10. The van der Waals surface area contributed by atoms with Crippen LogP contribution in [0.3, 0.4) is 0 Å². The number of amides is 5. The molecule has 0 bridgehead atoms. The van der Waals surface area contributed by atoms with Gasteiger partial charge in [-0.05, 0) is 75.8 Å². The minimum Gasteiger partial charge on any atom is -0.491 e. The molecule has 6 rings (SSSR count). The Hall–Kier alpha value is -4.48. The third-order valence-electron chi connectivity index (χ3n) is 10.9. The van der Waals surface area contributed by atoms with E-state index in [9.17, 15) is 33.1 Å². The number of ether oxygens (including phenoxy) is 2. The van der Waals surface area contributed by atoms with Crippen LogP contribution in [-0.2, 0) is 36.5 Å². The van der Waals surface area contributed by atoms with E-state index in [4.69, 9.17) is 9.47 Å². The van der Waals surface area contributed by atoms with Crippen molar-refractivity contribution in [3.63, 3.8) is 0 Å². The highest BCUT2D eigenvalue weighted by atomic mass is 32.2. The van der Waals surface area contributed by atoms with Crippen molar-refractivity contribution >= 4 is 45.6 Å².